The van der Waals surface area contributed by atoms with E-state index in [2.05, 4.69) is 12.6 Å². The quantitative estimate of drug-likeness (QED) is 0.474. The first kappa shape index (κ1) is 22.4. The lowest BCUT2D eigenvalue weighted by Gasteiger charge is -2.46. The van der Waals surface area contributed by atoms with Crippen LogP contribution in [0, 0.1) is 11.3 Å². The van der Waals surface area contributed by atoms with E-state index >= 15 is 0 Å². The van der Waals surface area contributed by atoms with E-state index in [1.54, 1.807) is 29.2 Å². The largest absolute Gasteiger partial charge is 0.358 e. The highest BCUT2D eigenvalue weighted by molar-refractivity contribution is 6.30. The topological polar surface area (TPSA) is 53.3 Å². The van der Waals surface area contributed by atoms with Crippen molar-refractivity contribution in [2.75, 3.05) is 0 Å². The van der Waals surface area contributed by atoms with E-state index in [-0.39, 0.29) is 5.91 Å². The van der Waals surface area contributed by atoms with Crippen LogP contribution in [0.5, 0.6) is 0 Å². The minimum Gasteiger partial charge on any atom is -0.358 e. The van der Waals surface area contributed by atoms with Gasteiger partial charge in [0.2, 0.25) is 0 Å². The van der Waals surface area contributed by atoms with Gasteiger partial charge in [-0.05, 0) is 41.8 Å². The van der Waals surface area contributed by atoms with Crippen molar-refractivity contribution in [2.24, 2.45) is 0 Å². The summed E-state index contributed by atoms with van der Waals surface area (Å²) >= 11 is 12.4. The number of nitriles is 1. The predicted octanol–water partition coefficient (Wildman–Crippen LogP) is 6.27. The molecule has 6 heteroatoms. The van der Waals surface area contributed by atoms with Crippen LogP contribution in [0.3, 0.4) is 0 Å². The van der Waals surface area contributed by atoms with Crippen molar-refractivity contribution in [2.45, 2.75) is 50.5 Å². The van der Waals surface area contributed by atoms with Gasteiger partial charge in [0, 0.05) is 16.5 Å². The first-order chi connectivity index (χ1) is 14.5. The van der Waals surface area contributed by atoms with E-state index in [1.165, 1.54) is 0 Å². The molecule has 1 aliphatic heterocycles. The number of hydrogen-bond acceptors (Lipinski definition) is 3. The SMILES string of the molecule is C=CC[C@H]1O[C@H](c2cccc(Cl)c2)[C@H](c2ccc(Cl)cc2)N(C(C#N)CCC)C1=O. The highest BCUT2D eigenvalue weighted by atomic mass is 35.5. The fourth-order valence-corrected chi connectivity index (χ4v) is 4.22. The molecule has 0 N–H and O–H groups in total. The van der Waals surface area contributed by atoms with Crippen LogP contribution in [-0.2, 0) is 9.53 Å². The molecule has 1 aliphatic rings. The van der Waals surface area contributed by atoms with Gasteiger partial charge in [-0.15, -0.1) is 6.58 Å². The van der Waals surface area contributed by atoms with Crippen LogP contribution < -0.4 is 0 Å². The third kappa shape index (κ3) is 4.70. The van der Waals surface area contributed by atoms with Crippen molar-refractivity contribution in [3.63, 3.8) is 0 Å². The molecule has 0 radical (unpaired) electrons. The van der Waals surface area contributed by atoms with E-state index in [0.717, 1.165) is 17.5 Å². The van der Waals surface area contributed by atoms with Crippen LogP contribution in [0.15, 0.2) is 61.2 Å². The zero-order valence-corrected chi connectivity index (χ0v) is 18.3. The number of morpholine rings is 1. The van der Waals surface area contributed by atoms with Crippen molar-refractivity contribution in [3.05, 3.63) is 82.4 Å². The van der Waals surface area contributed by atoms with Crippen LogP contribution in [0.1, 0.15) is 49.5 Å². The van der Waals surface area contributed by atoms with Gasteiger partial charge in [0.1, 0.15) is 18.2 Å². The summed E-state index contributed by atoms with van der Waals surface area (Å²) in [5.74, 6) is -0.201. The van der Waals surface area contributed by atoms with Gasteiger partial charge in [-0.2, -0.15) is 5.26 Å². The average molecular weight is 443 g/mol. The lowest BCUT2D eigenvalue weighted by atomic mass is 9.89. The molecule has 1 fully saturated rings. The smallest absolute Gasteiger partial charge is 0.253 e. The van der Waals surface area contributed by atoms with Crippen molar-refractivity contribution in [3.8, 4) is 6.07 Å². The first-order valence-corrected chi connectivity index (χ1v) is 10.7. The van der Waals surface area contributed by atoms with Crippen LogP contribution in [0.25, 0.3) is 0 Å². The molecular weight excluding hydrogens is 419 g/mol. The zero-order chi connectivity index (χ0) is 21.7. The van der Waals surface area contributed by atoms with Gasteiger partial charge in [-0.3, -0.25) is 4.79 Å². The molecule has 30 heavy (non-hydrogen) atoms. The molecule has 2 aromatic rings. The Morgan fingerprint density at radius 1 is 1.20 bits per heavy atom. The molecule has 1 heterocycles. The Labute approximate surface area is 187 Å². The van der Waals surface area contributed by atoms with Crippen molar-refractivity contribution in [1.29, 1.82) is 5.26 Å². The summed E-state index contributed by atoms with van der Waals surface area (Å²) in [4.78, 5) is 15.1. The molecule has 2 aromatic carbocycles. The number of ether oxygens (including phenoxy) is 1. The summed E-state index contributed by atoms with van der Waals surface area (Å²) in [6.07, 6.45) is 2.20. The second-order valence-electron chi connectivity index (χ2n) is 7.30. The Balaban J connectivity index is 2.17. The number of hydrogen-bond donors (Lipinski definition) is 0. The van der Waals surface area contributed by atoms with Gasteiger partial charge in [0.25, 0.3) is 5.91 Å². The molecule has 0 aliphatic carbocycles. The van der Waals surface area contributed by atoms with E-state index in [0.29, 0.717) is 22.9 Å². The maximum atomic E-state index is 13.4. The summed E-state index contributed by atoms with van der Waals surface area (Å²) in [6.45, 7) is 5.77. The lowest BCUT2D eigenvalue weighted by Crippen LogP contribution is -2.54. The second-order valence-corrected chi connectivity index (χ2v) is 8.17. The number of rotatable bonds is 7. The molecule has 1 saturated heterocycles. The van der Waals surface area contributed by atoms with E-state index in [4.69, 9.17) is 27.9 Å². The molecular formula is C24H24Cl2N2O2. The van der Waals surface area contributed by atoms with Crippen molar-refractivity contribution in [1.82, 2.24) is 4.90 Å². The minimum absolute atomic E-state index is 0.201. The standard InChI is InChI=1S/C24H24Cl2N2O2/c1-3-6-20(15-27)28-22(16-10-12-18(25)13-11-16)23(17-8-5-9-19(26)14-17)30-21(7-4-2)24(28)29/h4-5,8-14,20-23H,2-3,6-7H2,1H3/t20?,21-,22+,23-/m1/s1. The minimum atomic E-state index is -0.706. The van der Waals surface area contributed by atoms with Gasteiger partial charge in [-0.1, -0.05) is 66.9 Å². The van der Waals surface area contributed by atoms with Crippen molar-refractivity contribution < 1.29 is 9.53 Å². The van der Waals surface area contributed by atoms with Crippen LogP contribution in [0.2, 0.25) is 10.0 Å². The number of benzene rings is 2. The van der Waals surface area contributed by atoms with E-state index in [9.17, 15) is 10.1 Å². The molecule has 1 unspecified atom stereocenters. The lowest BCUT2D eigenvalue weighted by molar-refractivity contribution is -0.176. The summed E-state index contributed by atoms with van der Waals surface area (Å²) in [7, 11) is 0. The van der Waals surface area contributed by atoms with Gasteiger partial charge in [0.05, 0.1) is 12.1 Å². The van der Waals surface area contributed by atoms with Crippen molar-refractivity contribution >= 4 is 29.1 Å². The Morgan fingerprint density at radius 3 is 2.53 bits per heavy atom. The molecule has 156 valence electrons. The average Bonchev–Trinajstić information content (AvgIpc) is 2.74. The number of carbonyl (C=O) groups is 1. The number of carbonyl (C=O) groups excluding carboxylic acids is 1. The monoisotopic (exact) mass is 442 g/mol. The molecule has 0 bridgehead atoms. The summed E-state index contributed by atoms with van der Waals surface area (Å²) in [6, 6.07) is 16.0. The fourth-order valence-electron chi connectivity index (χ4n) is 3.89. The summed E-state index contributed by atoms with van der Waals surface area (Å²) < 4.78 is 6.32. The van der Waals surface area contributed by atoms with E-state index in [1.807, 2.05) is 37.3 Å². The maximum Gasteiger partial charge on any atom is 0.253 e. The van der Waals surface area contributed by atoms with E-state index < -0.39 is 24.3 Å². The maximum absolute atomic E-state index is 13.4. The zero-order valence-electron chi connectivity index (χ0n) is 16.8. The Hall–Kier alpha value is -2.32. The molecule has 1 amide bonds. The first-order valence-electron chi connectivity index (χ1n) is 9.99. The molecule has 0 saturated carbocycles. The molecule has 4 nitrogen and oxygen atoms in total. The third-order valence-corrected chi connectivity index (χ3v) is 5.73. The highest BCUT2D eigenvalue weighted by Gasteiger charge is 2.46. The molecule has 0 aromatic heterocycles. The molecule has 0 spiro atoms. The van der Waals surface area contributed by atoms with Gasteiger partial charge >= 0.3 is 0 Å². The van der Waals surface area contributed by atoms with Gasteiger partial charge in [0.15, 0.2) is 0 Å². The van der Waals surface area contributed by atoms with Gasteiger partial charge < -0.3 is 9.64 Å². The molecule has 4 atom stereocenters. The normalized spacial score (nSPS) is 22.4. The number of halogens is 2. The third-order valence-electron chi connectivity index (χ3n) is 5.24. The van der Waals surface area contributed by atoms with Crippen LogP contribution in [-0.4, -0.2) is 23.0 Å². The summed E-state index contributed by atoms with van der Waals surface area (Å²) in [5.41, 5.74) is 1.70. The highest BCUT2D eigenvalue weighted by Crippen LogP contribution is 2.44. The Morgan fingerprint density at radius 2 is 1.93 bits per heavy atom. The van der Waals surface area contributed by atoms with Crippen LogP contribution in [0.4, 0.5) is 0 Å². The second kappa shape index (κ2) is 10.1. The number of nitrogens with zero attached hydrogens (tertiary/aromatic N) is 2. The van der Waals surface area contributed by atoms with Gasteiger partial charge in [-0.25, -0.2) is 0 Å². The Kier molecular flexibility index (Phi) is 7.55. The fraction of sp³-hybridized carbons (Fsp3) is 0.333. The predicted molar refractivity (Wildman–Crippen MR) is 119 cm³/mol. The number of amides is 1. The Bertz CT molecular complexity index is 939. The summed E-state index contributed by atoms with van der Waals surface area (Å²) in [5, 5.41) is 11.1. The van der Waals surface area contributed by atoms with Crippen LogP contribution >= 0.6 is 23.2 Å². The molecule has 3 rings (SSSR count).